The highest BCUT2D eigenvalue weighted by Gasteiger charge is 2.67. The van der Waals surface area contributed by atoms with Crippen LogP contribution in [0.1, 0.15) is 104 Å². The van der Waals surface area contributed by atoms with Gasteiger partial charge in [0.2, 0.25) is 10.0 Å². The maximum atomic E-state index is 14.3. The second-order valence-electron chi connectivity index (χ2n) is 11.8. The Kier molecular flexibility index (Phi) is 7.18. The monoisotopic (exact) mass is 478 g/mol. The van der Waals surface area contributed by atoms with Gasteiger partial charge < -0.3 is 4.74 Å². The van der Waals surface area contributed by atoms with Crippen molar-refractivity contribution < 1.29 is 17.9 Å². The lowest BCUT2D eigenvalue weighted by molar-refractivity contribution is -0.159. The van der Waals surface area contributed by atoms with Crippen molar-refractivity contribution >= 4 is 16.0 Å². The average molecular weight is 479 g/mol. The van der Waals surface area contributed by atoms with Crippen LogP contribution in [0.2, 0.25) is 0 Å². The number of carbonyl (C=O) groups is 1. The molecule has 0 heterocycles. The Balaban J connectivity index is 1.64. The second kappa shape index (κ2) is 9.49. The molecule has 0 saturated heterocycles. The molecule has 2 bridgehead atoms. The number of hydrogen-bond donors (Lipinski definition) is 0. The fourth-order valence-electron chi connectivity index (χ4n) is 7.62. The highest BCUT2D eigenvalue weighted by molar-refractivity contribution is 7.89. The molecule has 4 aliphatic rings. The molecule has 0 aromatic carbocycles. The number of nitriles is 1. The third-order valence-electron chi connectivity index (χ3n) is 9.79. The Bertz CT molecular complexity index is 849. The van der Waals surface area contributed by atoms with Gasteiger partial charge in [-0.05, 0) is 63.2 Å². The van der Waals surface area contributed by atoms with Gasteiger partial charge in [0.05, 0.1) is 11.8 Å². The first kappa shape index (κ1) is 25.0. The maximum Gasteiger partial charge on any atom is 0.323 e. The van der Waals surface area contributed by atoms with Gasteiger partial charge in [-0.3, -0.25) is 4.79 Å². The lowest BCUT2D eigenvalue weighted by Crippen LogP contribution is -2.54. The molecule has 33 heavy (non-hydrogen) atoms. The van der Waals surface area contributed by atoms with E-state index in [1.165, 1.54) is 12.8 Å². The van der Waals surface area contributed by atoms with Crippen molar-refractivity contribution in [2.45, 2.75) is 122 Å². The third-order valence-corrected chi connectivity index (χ3v) is 11.9. The molecule has 186 valence electrons. The summed E-state index contributed by atoms with van der Waals surface area (Å²) in [5.74, 6) is -0.934. The van der Waals surface area contributed by atoms with Crippen LogP contribution in [0.4, 0.5) is 0 Å². The Morgan fingerprint density at radius 1 is 1.03 bits per heavy atom. The molecule has 1 unspecified atom stereocenters. The van der Waals surface area contributed by atoms with Crippen LogP contribution in [0, 0.1) is 34.0 Å². The second-order valence-corrected chi connectivity index (χ2v) is 13.7. The Hall–Kier alpha value is -1.13. The molecule has 0 spiro atoms. The summed E-state index contributed by atoms with van der Waals surface area (Å²) in [7, 11) is -3.54. The summed E-state index contributed by atoms with van der Waals surface area (Å²) in [4.78, 5) is 12.5. The van der Waals surface area contributed by atoms with Crippen LogP contribution in [0.15, 0.2) is 0 Å². The van der Waals surface area contributed by atoms with Crippen LogP contribution in [0.5, 0.6) is 0 Å². The number of nitrogens with zero attached hydrogens (tertiary/aromatic N) is 2. The molecule has 4 aliphatic carbocycles. The van der Waals surface area contributed by atoms with Gasteiger partial charge in [-0.25, -0.2) is 8.42 Å². The van der Waals surface area contributed by atoms with Gasteiger partial charge in [0.1, 0.15) is 12.0 Å². The van der Waals surface area contributed by atoms with Crippen molar-refractivity contribution in [3.63, 3.8) is 0 Å². The van der Waals surface area contributed by atoms with Crippen LogP contribution in [0.3, 0.4) is 0 Å². The zero-order chi connectivity index (χ0) is 23.9. The zero-order valence-electron chi connectivity index (χ0n) is 20.7. The van der Waals surface area contributed by atoms with Crippen LogP contribution >= 0.6 is 0 Å². The molecule has 0 aliphatic heterocycles. The number of fused-ring (bicyclic) bond motifs is 2. The molecular formula is C26H42N2O4S. The smallest absolute Gasteiger partial charge is 0.323 e. The van der Waals surface area contributed by atoms with Gasteiger partial charge in [0.25, 0.3) is 0 Å². The standard InChI is InChI=1S/C26H42N2O4S/c1-19(17-27)24(29)32-23-16-20-14-15-26(23,25(20,2)3)18-33(30,31)28(21-10-6-4-7-11-21)22-12-8-5-9-13-22/h19-23H,4-16,18H2,1-3H3/t19?,20-,23-,26-/m1/s1. The molecule has 0 N–H and O–H groups in total. The molecule has 0 aromatic heterocycles. The maximum absolute atomic E-state index is 14.3. The quantitative estimate of drug-likeness (QED) is 0.470. The van der Waals surface area contributed by atoms with Crippen molar-refractivity contribution in [2.24, 2.45) is 22.7 Å². The van der Waals surface area contributed by atoms with Crippen molar-refractivity contribution in [3.8, 4) is 6.07 Å². The third kappa shape index (κ3) is 4.47. The van der Waals surface area contributed by atoms with E-state index >= 15 is 0 Å². The lowest BCUT2D eigenvalue weighted by atomic mass is 9.69. The molecule has 4 saturated carbocycles. The molecule has 6 nitrogen and oxygen atoms in total. The minimum absolute atomic E-state index is 0.0649. The minimum Gasteiger partial charge on any atom is -0.461 e. The van der Waals surface area contributed by atoms with Crippen molar-refractivity contribution in [3.05, 3.63) is 0 Å². The Labute approximate surface area is 200 Å². The van der Waals surface area contributed by atoms with E-state index in [4.69, 9.17) is 4.74 Å². The summed E-state index contributed by atoms with van der Waals surface area (Å²) in [6.07, 6.45) is 12.7. The predicted molar refractivity (Wildman–Crippen MR) is 128 cm³/mol. The van der Waals surface area contributed by atoms with Crippen LogP contribution < -0.4 is 0 Å². The molecule has 4 fully saturated rings. The van der Waals surface area contributed by atoms with Gasteiger partial charge >= 0.3 is 5.97 Å². The van der Waals surface area contributed by atoms with E-state index in [9.17, 15) is 18.5 Å². The van der Waals surface area contributed by atoms with Gasteiger partial charge in [0.15, 0.2) is 0 Å². The lowest BCUT2D eigenvalue weighted by Gasteiger charge is -2.46. The number of sulfonamides is 1. The fourth-order valence-corrected chi connectivity index (χ4v) is 10.5. The Morgan fingerprint density at radius 3 is 2.06 bits per heavy atom. The summed E-state index contributed by atoms with van der Waals surface area (Å²) in [6.45, 7) is 5.90. The van der Waals surface area contributed by atoms with E-state index in [-0.39, 0.29) is 23.3 Å². The van der Waals surface area contributed by atoms with E-state index in [0.717, 1.165) is 64.2 Å². The highest BCUT2D eigenvalue weighted by Crippen LogP contribution is 2.67. The first-order valence-corrected chi connectivity index (χ1v) is 14.8. The first-order chi connectivity index (χ1) is 15.6. The van der Waals surface area contributed by atoms with Crippen molar-refractivity contribution in [2.75, 3.05) is 5.75 Å². The van der Waals surface area contributed by atoms with Gasteiger partial charge in [-0.1, -0.05) is 52.4 Å². The molecule has 0 radical (unpaired) electrons. The Morgan fingerprint density at radius 2 is 1.58 bits per heavy atom. The largest absolute Gasteiger partial charge is 0.461 e. The topological polar surface area (TPSA) is 87.5 Å². The fraction of sp³-hybridized carbons (Fsp3) is 0.923. The van der Waals surface area contributed by atoms with E-state index in [1.807, 2.05) is 10.4 Å². The summed E-state index contributed by atoms with van der Waals surface area (Å²) < 4.78 is 36.5. The van der Waals surface area contributed by atoms with Crippen molar-refractivity contribution in [1.82, 2.24) is 4.31 Å². The predicted octanol–water partition coefficient (Wildman–Crippen LogP) is 5.18. The van der Waals surface area contributed by atoms with E-state index in [1.54, 1.807) is 6.92 Å². The summed E-state index contributed by atoms with van der Waals surface area (Å²) in [5, 5.41) is 9.17. The number of esters is 1. The number of carbonyl (C=O) groups excluding carboxylic acids is 1. The molecule has 4 atom stereocenters. The van der Waals surface area contributed by atoms with Crippen LogP contribution in [-0.2, 0) is 19.6 Å². The number of rotatable bonds is 7. The molecule has 4 rings (SSSR count). The highest BCUT2D eigenvalue weighted by atomic mass is 32.2. The van der Waals surface area contributed by atoms with Crippen molar-refractivity contribution in [1.29, 1.82) is 5.26 Å². The average Bonchev–Trinajstić information content (AvgIpc) is 3.14. The number of ether oxygens (including phenoxy) is 1. The van der Waals surface area contributed by atoms with E-state index in [0.29, 0.717) is 12.3 Å². The normalized spacial score (nSPS) is 33.7. The molecule has 0 aromatic rings. The van der Waals surface area contributed by atoms with Gasteiger partial charge in [-0.2, -0.15) is 9.57 Å². The zero-order valence-corrected chi connectivity index (χ0v) is 21.5. The first-order valence-electron chi connectivity index (χ1n) is 13.2. The van der Waals surface area contributed by atoms with E-state index in [2.05, 4.69) is 13.8 Å². The summed E-state index contributed by atoms with van der Waals surface area (Å²) in [6, 6.07) is 2.20. The minimum atomic E-state index is -3.54. The van der Waals surface area contributed by atoms with Crippen LogP contribution in [-0.4, -0.2) is 42.6 Å². The molecular weight excluding hydrogens is 436 g/mol. The molecule has 7 heteroatoms. The SMILES string of the molecule is CC(C#N)C(=O)O[C@@H]1C[C@H]2CC[C@]1(CS(=O)(=O)N(C1CCCCC1)C1CCCCC1)C2(C)C. The van der Waals surface area contributed by atoms with Gasteiger partial charge in [-0.15, -0.1) is 0 Å². The number of hydrogen-bond acceptors (Lipinski definition) is 5. The van der Waals surface area contributed by atoms with Gasteiger partial charge in [0, 0.05) is 17.5 Å². The van der Waals surface area contributed by atoms with Crippen LogP contribution in [0.25, 0.3) is 0 Å². The summed E-state index contributed by atoms with van der Waals surface area (Å²) in [5.41, 5.74) is -0.797. The summed E-state index contributed by atoms with van der Waals surface area (Å²) >= 11 is 0. The van der Waals surface area contributed by atoms with E-state index < -0.39 is 33.4 Å². The molecule has 0 amide bonds.